The number of fused-ring (bicyclic) bond motifs is 3. The molecular weight excluding hydrogens is 342 g/mol. The standard InChI is InChI=1S/C20H15N5S/c21-10-13-4-1-2-5-14(13)11-26-20-23-19-18(24-25-20)17-15(12-8-9-12)6-3-7-16(17)22-19/h1-7,12H,8-9,11H2,(H,22,23,25). The van der Waals surface area contributed by atoms with Gasteiger partial charge in [0.25, 0.3) is 0 Å². The highest BCUT2D eigenvalue weighted by Crippen LogP contribution is 2.44. The molecule has 1 aliphatic carbocycles. The molecule has 0 amide bonds. The molecule has 0 aliphatic heterocycles. The van der Waals surface area contributed by atoms with E-state index in [1.807, 2.05) is 24.3 Å². The number of thioether (sulfide) groups is 1. The monoisotopic (exact) mass is 357 g/mol. The number of nitrogens with one attached hydrogen (secondary N) is 1. The molecule has 0 saturated heterocycles. The largest absolute Gasteiger partial charge is 0.338 e. The van der Waals surface area contributed by atoms with E-state index < -0.39 is 0 Å². The van der Waals surface area contributed by atoms with Crippen LogP contribution in [0.15, 0.2) is 47.6 Å². The summed E-state index contributed by atoms with van der Waals surface area (Å²) in [6.45, 7) is 0. The zero-order valence-electron chi connectivity index (χ0n) is 13.9. The minimum absolute atomic E-state index is 0.616. The minimum Gasteiger partial charge on any atom is -0.338 e. The SMILES string of the molecule is N#Cc1ccccc1CSc1nnc2c(n1)[nH]c1cccc(C3CC3)c12. The number of aromatic nitrogens is 4. The number of rotatable bonds is 4. The van der Waals surface area contributed by atoms with Crippen LogP contribution in [-0.2, 0) is 5.75 Å². The first-order valence-corrected chi connectivity index (χ1v) is 9.58. The van der Waals surface area contributed by atoms with Crippen molar-refractivity contribution in [2.45, 2.75) is 29.7 Å². The van der Waals surface area contributed by atoms with E-state index in [0.29, 0.717) is 22.4 Å². The predicted molar refractivity (Wildman–Crippen MR) is 102 cm³/mol. The quantitative estimate of drug-likeness (QED) is 0.542. The van der Waals surface area contributed by atoms with E-state index in [9.17, 15) is 5.26 Å². The van der Waals surface area contributed by atoms with Crippen LogP contribution in [0.1, 0.15) is 35.4 Å². The maximum Gasteiger partial charge on any atom is 0.211 e. The Morgan fingerprint density at radius 2 is 2.00 bits per heavy atom. The van der Waals surface area contributed by atoms with Crippen LogP contribution in [0.5, 0.6) is 0 Å². The van der Waals surface area contributed by atoms with Gasteiger partial charge in [0, 0.05) is 16.7 Å². The van der Waals surface area contributed by atoms with E-state index in [-0.39, 0.29) is 0 Å². The lowest BCUT2D eigenvalue weighted by atomic mass is 10.1. The third-order valence-electron chi connectivity index (χ3n) is 4.77. The molecule has 0 bridgehead atoms. The Balaban J connectivity index is 1.49. The van der Waals surface area contributed by atoms with Gasteiger partial charge in [-0.15, -0.1) is 10.2 Å². The van der Waals surface area contributed by atoms with Crippen molar-refractivity contribution in [3.05, 3.63) is 59.2 Å². The Kier molecular flexibility index (Phi) is 3.61. The summed E-state index contributed by atoms with van der Waals surface area (Å²) in [7, 11) is 0. The van der Waals surface area contributed by atoms with Gasteiger partial charge in [0.2, 0.25) is 5.16 Å². The van der Waals surface area contributed by atoms with Gasteiger partial charge in [0.1, 0.15) is 5.52 Å². The summed E-state index contributed by atoms with van der Waals surface area (Å²) in [5, 5.41) is 19.8. The second-order valence-corrected chi connectivity index (χ2v) is 7.46. The lowest BCUT2D eigenvalue weighted by Crippen LogP contribution is -1.93. The topological polar surface area (TPSA) is 78.2 Å². The molecule has 0 spiro atoms. The second kappa shape index (κ2) is 6.11. The fourth-order valence-corrected chi connectivity index (χ4v) is 4.12. The molecule has 1 aliphatic rings. The van der Waals surface area contributed by atoms with Crippen molar-refractivity contribution in [1.82, 2.24) is 20.2 Å². The molecule has 5 rings (SSSR count). The van der Waals surface area contributed by atoms with Crippen LogP contribution >= 0.6 is 11.8 Å². The maximum atomic E-state index is 9.21. The van der Waals surface area contributed by atoms with E-state index in [4.69, 9.17) is 0 Å². The summed E-state index contributed by atoms with van der Waals surface area (Å²) in [5.74, 6) is 1.29. The average molecular weight is 357 g/mol. The number of nitrogens with zero attached hydrogens (tertiary/aromatic N) is 4. The fraction of sp³-hybridized carbons (Fsp3) is 0.200. The van der Waals surface area contributed by atoms with Gasteiger partial charge in [-0.1, -0.05) is 42.1 Å². The summed E-state index contributed by atoms with van der Waals surface area (Å²) >= 11 is 1.49. The zero-order valence-corrected chi connectivity index (χ0v) is 14.8. The van der Waals surface area contributed by atoms with Gasteiger partial charge >= 0.3 is 0 Å². The van der Waals surface area contributed by atoms with Crippen molar-refractivity contribution >= 4 is 33.8 Å². The van der Waals surface area contributed by atoms with Crippen molar-refractivity contribution in [1.29, 1.82) is 5.26 Å². The smallest absolute Gasteiger partial charge is 0.211 e. The van der Waals surface area contributed by atoms with Crippen LogP contribution in [0.3, 0.4) is 0 Å². The molecule has 1 fully saturated rings. The predicted octanol–water partition coefficient (Wildman–Crippen LogP) is 4.55. The molecule has 2 heterocycles. The number of hydrogen-bond donors (Lipinski definition) is 1. The molecular formula is C20H15N5S. The molecule has 26 heavy (non-hydrogen) atoms. The molecule has 2 aromatic heterocycles. The number of H-pyrrole nitrogens is 1. The van der Waals surface area contributed by atoms with E-state index in [1.54, 1.807) is 0 Å². The molecule has 126 valence electrons. The van der Waals surface area contributed by atoms with Crippen molar-refractivity contribution in [2.24, 2.45) is 0 Å². The first kappa shape index (κ1) is 15.4. The summed E-state index contributed by atoms with van der Waals surface area (Å²) < 4.78 is 0. The van der Waals surface area contributed by atoms with Gasteiger partial charge in [-0.2, -0.15) is 5.26 Å². The van der Waals surface area contributed by atoms with Gasteiger partial charge in [-0.05, 0) is 42.0 Å². The minimum atomic E-state index is 0.616. The van der Waals surface area contributed by atoms with E-state index in [2.05, 4.69) is 44.4 Å². The molecule has 0 atom stereocenters. The van der Waals surface area contributed by atoms with Crippen LogP contribution in [0.4, 0.5) is 0 Å². The molecule has 6 heteroatoms. The average Bonchev–Trinajstić information content (AvgIpc) is 3.46. The maximum absolute atomic E-state index is 9.21. The van der Waals surface area contributed by atoms with Gasteiger partial charge in [-0.25, -0.2) is 4.98 Å². The van der Waals surface area contributed by atoms with E-state index in [1.165, 1.54) is 30.2 Å². The van der Waals surface area contributed by atoms with E-state index in [0.717, 1.165) is 27.6 Å². The second-order valence-electron chi connectivity index (χ2n) is 6.52. The van der Waals surface area contributed by atoms with Gasteiger partial charge in [0.05, 0.1) is 11.6 Å². The lowest BCUT2D eigenvalue weighted by molar-refractivity contribution is 0.877. The first-order chi connectivity index (χ1) is 12.8. The molecule has 4 aromatic rings. The Hall–Kier alpha value is -2.91. The molecule has 0 unspecified atom stereocenters. The normalized spacial score (nSPS) is 14.0. The lowest BCUT2D eigenvalue weighted by Gasteiger charge is -2.02. The number of benzene rings is 2. The summed E-state index contributed by atoms with van der Waals surface area (Å²) in [4.78, 5) is 8.04. The first-order valence-electron chi connectivity index (χ1n) is 8.59. The van der Waals surface area contributed by atoms with Crippen LogP contribution in [0.2, 0.25) is 0 Å². The van der Waals surface area contributed by atoms with Gasteiger partial charge in [-0.3, -0.25) is 0 Å². The van der Waals surface area contributed by atoms with Gasteiger partial charge in [0.15, 0.2) is 5.65 Å². The Bertz CT molecular complexity index is 1170. The number of nitriles is 1. The number of hydrogen-bond acceptors (Lipinski definition) is 5. The number of aromatic amines is 1. The molecule has 1 N–H and O–H groups in total. The zero-order chi connectivity index (χ0) is 17.5. The van der Waals surface area contributed by atoms with Crippen molar-refractivity contribution < 1.29 is 0 Å². The third-order valence-corrected chi connectivity index (χ3v) is 5.65. The van der Waals surface area contributed by atoms with Gasteiger partial charge < -0.3 is 4.98 Å². The van der Waals surface area contributed by atoms with Crippen LogP contribution < -0.4 is 0 Å². The Morgan fingerprint density at radius 3 is 2.85 bits per heavy atom. The molecule has 5 nitrogen and oxygen atoms in total. The van der Waals surface area contributed by atoms with Crippen molar-refractivity contribution in [2.75, 3.05) is 0 Å². The fourth-order valence-electron chi connectivity index (χ4n) is 3.33. The molecule has 2 aromatic carbocycles. The molecule has 0 radical (unpaired) electrons. The molecule has 1 saturated carbocycles. The van der Waals surface area contributed by atoms with Crippen LogP contribution in [0, 0.1) is 11.3 Å². The highest BCUT2D eigenvalue weighted by Gasteiger charge is 2.27. The highest BCUT2D eigenvalue weighted by molar-refractivity contribution is 7.98. The van der Waals surface area contributed by atoms with E-state index >= 15 is 0 Å². The van der Waals surface area contributed by atoms with Crippen molar-refractivity contribution in [3.63, 3.8) is 0 Å². The highest BCUT2D eigenvalue weighted by atomic mass is 32.2. The summed E-state index contributed by atoms with van der Waals surface area (Å²) in [6.07, 6.45) is 2.50. The third kappa shape index (κ3) is 2.61. The van der Waals surface area contributed by atoms with Crippen LogP contribution in [0.25, 0.3) is 22.1 Å². The van der Waals surface area contributed by atoms with Crippen molar-refractivity contribution in [3.8, 4) is 6.07 Å². The summed E-state index contributed by atoms with van der Waals surface area (Å²) in [6, 6.07) is 16.2. The Morgan fingerprint density at radius 1 is 1.12 bits per heavy atom. The van der Waals surface area contributed by atoms with Crippen LogP contribution in [-0.4, -0.2) is 20.2 Å². The summed E-state index contributed by atoms with van der Waals surface area (Å²) in [5.41, 5.74) is 5.73. The Labute approximate surface area is 154 Å².